The molecule has 19 heavy (non-hydrogen) atoms. The summed E-state index contributed by atoms with van der Waals surface area (Å²) in [7, 11) is 1.93. The highest BCUT2D eigenvalue weighted by molar-refractivity contribution is 7.80. The van der Waals surface area contributed by atoms with E-state index in [4.69, 9.17) is 18.0 Å². The number of aryl methyl sites for hydroxylation is 2. The standard InChI is InChI=1S/C14H16N4S/c1-9-4-5-12(10(2)8-9)18(3)14-11(13(15)19)6-7-16-17-14/h4-8H,1-3H3,(H2,15,19). The van der Waals surface area contributed by atoms with E-state index in [9.17, 15) is 0 Å². The minimum Gasteiger partial charge on any atom is -0.389 e. The molecule has 0 atom stereocenters. The van der Waals surface area contributed by atoms with E-state index in [-0.39, 0.29) is 0 Å². The topological polar surface area (TPSA) is 55.0 Å². The molecule has 0 unspecified atom stereocenters. The fourth-order valence-corrected chi connectivity index (χ4v) is 2.22. The smallest absolute Gasteiger partial charge is 0.165 e. The molecule has 0 amide bonds. The van der Waals surface area contributed by atoms with Gasteiger partial charge in [0.2, 0.25) is 0 Å². The van der Waals surface area contributed by atoms with Crippen LogP contribution in [0.25, 0.3) is 0 Å². The summed E-state index contributed by atoms with van der Waals surface area (Å²) >= 11 is 5.06. The van der Waals surface area contributed by atoms with Crippen molar-refractivity contribution in [3.63, 3.8) is 0 Å². The maximum Gasteiger partial charge on any atom is 0.165 e. The van der Waals surface area contributed by atoms with Crippen molar-refractivity contribution in [3.05, 3.63) is 47.2 Å². The van der Waals surface area contributed by atoms with Gasteiger partial charge in [-0.25, -0.2) is 0 Å². The number of hydrogen-bond acceptors (Lipinski definition) is 4. The molecule has 1 aromatic heterocycles. The summed E-state index contributed by atoms with van der Waals surface area (Å²) in [4.78, 5) is 2.28. The van der Waals surface area contributed by atoms with Gasteiger partial charge in [-0.15, -0.1) is 5.10 Å². The van der Waals surface area contributed by atoms with E-state index >= 15 is 0 Å². The van der Waals surface area contributed by atoms with Crippen LogP contribution in [-0.2, 0) is 0 Å². The molecule has 0 saturated heterocycles. The van der Waals surface area contributed by atoms with Gasteiger partial charge >= 0.3 is 0 Å². The van der Waals surface area contributed by atoms with Crippen LogP contribution >= 0.6 is 12.2 Å². The van der Waals surface area contributed by atoms with E-state index in [1.807, 2.05) is 11.9 Å². The number of benzene rings is 1. The second kappa shape index (κ2) is 5.32. The highest BCUT2D eigenvalue weighted by Crippen LogP contribution is 2.27. The predicted octanol–water partition coefficient (Wildman–Crippen LogP) is 2.50. The Labute approximate surface area is 118 Å². The average molecular weight is 272 g/mol. The maximum atomic E-state index is 5.73. The summed E-state index contributed by atoms with van der Waals surface area (Å²) in [5.74, 6) is 0.668. The molecule has 0 aliphatic rings. The van der Waals surface area contributed by atoms with Crippen LogP contribution in [0.15, 0.2) is 30.5 Å². The fourth-order valence-electron chi connectivity index (χ4n) is 2.06. The van der Waals surface area contributed by atoms with Gasteiger partial charge in [0.05, 0.1) is 11.8 Å². The van der Waals surface area contributed by atoms with Crippen LogP contribution in [0.3, 0.4) is 0 Å². The van der Waals surface area contributed by atoms with E-state index in [1.54, 1.807) is 12.3 Å². The number of rotatable bonds is 3. The molecule has 0 aliphatic carbocycles. The zero-order valence-electron chi connectivity index (χ0n) is 11.2. The van der Waals surface area contributed by atoms with Gasteiger partial charge in [-0.05, 0) is 31.5 Å². The normalized spacial score (nSPS) is 10.3. The maximum absolute atomic E-state index is 5.73. The van der Waals surface area contributed by atoms with Crippen molar-refractivity contribution >= 4 is 28.7 Å². The number of anilines is 2. The monoisotopic (exact) mass is 272 g/mol. The van der Waals surface area contributed by atoms with Crippen molar-refractivity contribution in [2.24, 2.45) is 5.73 Å². The first-order valence-electron chi connectivity index (χ1n) is 5.93. The number of thiocarbonyl (C=S) groups is 1. The number of nitrogens with zero attached hydrogens (tertiary/aromatic N) is 3. The van der Waals surface area contributed by atoms with Gasteiger partial charge in [-0.2, -0.15) is 5.10 Å². The molecule has 2 N–H and O–H groups in total. The van der Waals surface area contributed by atoms with Gasteiger partial charge < -0.3 is 10.6 Å². The van der Waals surface area contributed by atoms with E-state index < -0.39 is 0 Å². The van der Waals surface area contributed by atoms with Crippen LogP contribution in [0, 0.1) is 13.8 Å². The molecule has 0 spiro atoms. The molecule has 2 aromatic rings. The molecule has 4 nitrogen and oxygen atoms in total. The zero-order chi connectivity index (χ0) is 14.0. The van der Waals surface area contributed by atoms with Crippen molar-refractivity contribution < 1.29 is 0 Å². The first-order chi connectivity index (χ1) is 9.00. The third kappa shape index (κ3) is 2.71. The molecule has 0 bridgehead atoms. The molecular formula is C14H16N4S. The van der Waals surface area contributed by atoms with Gasteiger partial charge in [-0.3, -0.25) is 0 Å². The molecule has 0 saturated carbocycles. The number of nitrogens with two attached hydrogens (primary N) is 1. The first kappa shape index (κ1) is 13.4. The van der Waals surface area contributed by atoms with E-state index in [2.05, 4.69) is 42.2 Å². The Balaban J connectivity index is 2.50. The van der Waals surface area contributed by atoms with Crippen LogP contribution in [0.4, 0.5) is 11.5 Å². The van der Waals surface area contributed by atoms with Crippen molar-refractivity contribution in [1.82, 2.24) is 10.2 Å². The third-order valence-corrected chi connectivity index (χ3v) is 3.22. The molecule has 1 aromatic carbocycles. The number of hydrogen-bond donors (Lipinski definition) is 1. The van der Waals surface area contributed by atoms with Crippen LogP contribution in [-0.4, -0.2) is 22.2 Å². The van der Waals surface area contributed by atoms with Crippen molar-refractivity contribution in [2.75, 3.05) is 11.9 Å². The highest BCUT2D eigenvalue weighted by Gasteiger charge is 2.14. The lowest BCUT2D eigenvalue weighted by Gasteiger charge is -2.22. The zero-order valence-corrected chi connectivity index (χ0v) is 12.0. The van der Waals surface area contributed by atoms with Crippen LogP contribution < -0.4 is 10.6 Å². The summed E-state index contributed by atoms with van der Waals surface area (Å²) in [6.45, 7) is 4.13. The SMILES string of the molecule is Cc1ccc(N(C)c2nnccc2C(N)=S)c(C)c1. The van der Waals surface area contributed by atoms with Gasteiger partial charge in [0, 0.05) is 12.7 Å². The summed E-state index contributed by atoms with van der Waals surface area (Å²) in [5, 5.41) is 8.06. The molecular weight excluding hydrogens is 256 g/mol. The van der Waals surface area contributed by atoms with E-state index in [0.717, 1.165) is 11.3 Å². The largest absolute Gasteiger partial charge is 0.389 e. The second-order valence-electron chi connectivity index (χ2n) is 4.48. The summed E-state index contributed by atoms with van der Waals surface area (Å²) < 4.78 is 0. The van der Waals surface area contributed by atoms with E-state index in [0.29, 0.717) is 10.8 Å². The quantitative estimate of drug-likeness (QED) is 0.870. The lowest BCUT2D eigenvalue weighted by Crippen LogP contribution is -2.20. The first-order valence-corrected chi connectivity index (χ1v) is 6.34. The average Bonchev–Trinajstić information content (AvgIpc) is 2.38. The Hall–Kier alpha value is -2.01. The second-order valence-corrected chi connectivity index (χ2v) is 4.92. The Morgan fingerprint density at radius 1 is 1.26 bits per heavy atom. The van der Waals surface area contributed by atoms with Crippen LogP contribution in [0.2, 0.25) is 0 Å². The van der Waals surface area contributed by atoms with Crippen LogP contribution in [0.1, 0.15) is 16.7 Å². The summed E-state index contributed by atoms with van der Waals surface area (Å²) in [6.07, 6.45) is 1.59. The van der Waals surface area contributed by atoms with E-state index in [1.165, 1.54) is 11.1 Å². The van der Waals surface area contributed by atoms with Gasteiger partial charge in [0.25, 0.3) is 0 Å². The molecule has 5 heteroatoms. The molecule has 2 rings (SSSR count). The Morgan fingerprint density at radius 2 is 2.00 bits per heavy atom. The van der Waals surface area contributed by atoms with Crippen LogP contribution in [0.5, 0.6) is 0 Å². The van der Waals surface area contributed by atoms with Gasteiger partial charge in [0.15, 0.2) is 5.82 Å². The molecule has 0 radical (unpaired) electrons. The summed E-state index contributed by atoms with van der Waals surface area (Å²) in [6, 6.07) is 8.03. The predicted molar refractivity (Wildman–Crippen MR) is 81.9 cm³/mol. The minimum atomic E-state index is 0.321. The third-order valence-electron chi connectivity index (χ3n) is 3.00. The lowest BCUT2D eigenvalue weighted by atomic mass is 10.1. The van der Waals surface area contributed by atoms with Crippen molar-refractivity contribution in [3.8, 4) is 0 Å². The van der Waals surface area contributed by atoms with Crippen molar-refractivity contribution in [2.45, 2.75) is 13.8 Å². The van der Waals surface area contributed by atoms with Gasteiger partial charge in [0.1, 0.15) is 4.99 Å². The van der Waals surface area contributed by atoms with Gasteiger partial charge in [-0.1, -0.05) is 29.9 Å². The van der Waals surface area contributed by atoms with Crippen molar-refractivity contribution in [1.29, 1.82) is 0 Å². The molecule has 0 fully saturated rings. The minimum absolute atomic E-state index is 0.321. The molecule has 98 valence electrons. The lowest BCUT2D eigenvalue weighted by molar-refractivity contribution is 0.980. The Morgan fingerprint density at radius 3 is 2.63 bits per heavy atom. The summed E-state index contributed by atoms with van der Waals surface area (Å²) in [5.41, 5.74) is 9.91. The molecule has 0 aliphatic heterocycles. The molecule has 1 heterocycles. The highest BCUT2D eigenvalue weighted by atomic mass is 32.1. The Kier molecular flexibility index (Phi) is 3.76. The number of aromatic nitrogens is 2. The fraction of sp³-hybridized carbons (Fsp3) is 0.214. The Bertz CT molecular complexity index is 625.